The van der Waals surface area contributed by atoms with Crippen LogP contribution in [0.4, 0.5) is 5.82 Å². The van der Waals surface area contributed by atoms with Crippen molar-refractivity contribution in [2.75, 3.05) is 12.4 Å². The fourth-order valence-electron chi connectivity index (χ4n) is 2.83. The standard InChI is InChI=1S/C14H20N6O/c1-21-7-12-6-14(16-8-15-12)19-11-2-4-13(5-3-11)20-9-17-18-10-20/h6,8-11,13H,2-5,7H2,1H3,(H,15,16,19). The van der Waals surface area contributed by atoms with Gasteiger partial charge in [0.05, 0.1) is 12.3 Å². The van der Waals surface area contributed by atoms with Gasteiger partial charge in [0.1, 0.15) is 24.8 Å². The molecule has 1 aliphatic rings. The second kappa shape index (κ2) is 6.62. The van der Waals surface area contributed by atoms with Crippen LogP contribution >= 0.6 is 0 Å². The molecule has 0 spiro atoms. The summed E-state index contributed by atoms with van der Waals surface area (Å²) in [5.74, 6) is 0.879. The van der Waals surface area contributed by atoms with Crippen LogP contribution in [0, 0.1) is 0 Å². The number of ether oxygens (including phenoxy) is 1. The van der Waals surface area contributed by atoms with Crippen LogP contribution in [0.2, 0.25) is 0 Å². The summed E-state index contributed by atoms with van der Waals surface area (Å²) >= 11 is 0. The van der Waals surface area contributed by atoms with Gasteiger partial charge in [-0.25, -0.2) is 9.97 Å². The Morgan fingerprint density at radius 2 is 1.95 bits per heavy atom. The van der Waals surface area contributed by atoms with Gasteiger partial charge in [-0.05, 0) is 25.7 Å². The van der Waals surface area contributed by atoms with Gasteiger partial charge in [-0.1, -0.05) is 0 Å². The fourth-order valence-corrected chi connectivity index (χ4v) is 2.83. The van der Waals surface area contributed by atoms with Crippen molar-refractivity contribution in [3.63, 3.8) is 0 Å². The molecular weight excluding hydrogens is 268 g/mol. The lowest BCUT2D eigenvalue weighted by atomic mass is 9.91. The Balaban J connectivity index is 1.54. The van der Waals surface area contributed by atoms with E-state index < -0.39 is 0 Å². The van der Waals surface area contributed by atoms with Crippen LogP contribution in [0.1, 0.15) is 37.4 Å². The number of methoxy groups -OCH3 is 1. The van der Waals surface area contributed by atoms with Crippen LogP contribution in [0.3, 0.4) is 0 Å². The fraction of sp³-hybridized carbons (Fsp3) is 0.571. The maximum absolute atomic E-state index is 5.10. The molecule has 1 aliphatic carbocycles. The highest BCUT2D eigenvalue weighted by Gasteiger charge is 2.22. The molecule has 0 bridgehead atoms. The summed E-state index contributed by atoms with van der Waals surface area (Å²) in [5, 5.41) is 11.3. The number of hydrogen-bond donors (Lipinski definition) is 1. The Morgan fingerprint density at radius 3 is 2.67 bits per heavy atom. The van der Waals surface area contributed by atoms with Crippen molar-refractivity contribution in [2.24, 2.45) is 0 Å². The van der Waals surface area contributed by atoms with E-state index in [0.717, 1.165) is 37.2 Å². The quantitative estimate of drug-likeness (QED) is 0.904. The van der Waals surface area contributed by atoms with Gasteiger partial charge in [-0.2, -0.15) is 0 Å². The van der Waals surface area contributed by atoms with Crippen molar-refractivity contribution in [3.05, 3.63) is 30.7 Å². The van der Waals surface area contributed by atoms with Crippen molar-refractivity contribution in [1.29, 1.82) is 0 Å². The molecule has 21 heavy (non-hydrogen) atoms. The summed E-state index contributed by atoms with van der Waals surface area (Å²) in [7, 11) is 1.67. The first-order chi connectivity index (χ1) is 10.3. The lowest BCUT2D eigenvalue weighted by Crippen LogP contribution is -2.27. The summed E-state index contributed by atoms with van der Waals surface area (Å²) in [5.41, 5.74) is 0.896. The molecule has 1 fully saturated rings. The largest absolute Gasteiger partial charge is 0.378 e. The highest BCUT2D eigenvalue weighted by molar-refractivity contribution is 5.36. The molecule has 3 rings (SSSR count). The Morgan fingerprint density at radius 1 is 1.19 bits per heavy atom. The molecule has 7 heteroatoms. The van der Waals surface area contributed by atoms with Crippen LogP contribution in [-0.2, 0) is 11.3 Å². The van der Waals surface area contributed by atoms with E-state index in [1.807, 2.05) is 6.07 Å². The van der Waals surface area contributed by atoms with Gasteiger partial charge in [-0.3, -0.25) is 0 Å². The molecule has 1 N–H and O–H groups in total. The van der Waals surface area contributed by atoms with Crippen molar-refractivity contribution >= 4 is 5.82 Å². The highest BCUT2D eigenvalue weighted by Crippen LogP contribution is 2.29. The van der Waals surface area contributed by atoms with Gasteiger partial charge in [0, 0.05) is 25.3 Å². The van der Waals surface area contributed by atoms with Gasteiger partial charge in [-0.15, -0.1) is 10.2 Å². The van der Waals surface area contributed by atoms with Crippen LogP contribution < -0.4 is 5.32 Å². The van der Waals surface area contributed by atoms with Crippen LogP contribution in [0.25, 0.3) is 0 Å². The van der Waals surface area contributed by atoms with Crippen molar-refractivity contribution in [3.8, 4) is 0 Å². The second-order valence-corrected chi connectivity index (χ2v) is 5.39. The summed E-state index contributed by atoms with van der Waals surface area (Å²) < 4.78 is 7.20. The lowest BCUT2D eigenvalue weighted by molar-refractivity contribution is 0.181. The normalized spacial score (nSPS) is 22.1. The number of nitrogens with one attached hydrogen (secondary N) is 1. The first-order valence-corrected chi connectivity index (χ1v) is 7.25. The van der Waals surface area contributed by atoms with E-state index in [9.17, 15) is 0 Å². The van der Waals surface area contributed by atoms with Gasteiger partial charge >= 0.3 is 0 Å². The molecule has 0 amide bonds. The Kier molecular flexibility index (Phi) is 4.40. The van der Waals surface area contributed by atoms with E-state index in [1.165, 1.54) is 0 Å². The summed E-state index contributed by atoms with van der Waals surface area (Å²) in [6.07, 6.45) is 9.69. The molecule has 0 saturated heterocycles. The lowest BCUT2D eigenvalue weighted by Gasteiger charge is -2.29. The van der Waals surface area contributed by atoms with Gasteiger partial charge in [0.15, 0.2) is 0 Å². The van der Waals surface area contributed by atoms with Crippen molar-refractivity contribution in [2.45, 2.75) is 44.4 Å². The number of hydrogen-bond acceptors (Lipinski definition) is 6. The molecule has 0 unspecified atom stereocenters. The summed E-state index contributed by atoms with van der Waals surface area (Å²) in [4.78, 5) is 8.46. The van der Waals surface area contributed by atoms with Crippen LogP contribution in [0.15, 0.2) is 25.0 Å². The Bertz CT molecular complexity index is 550. The molecular formula is C14H20N6O. The number of rotatable bonds is 5. The number of anilines is 1. The molecule has 2 heterocycles. The molecule has 0 aromatic carbocycles. The smallest absolute Gasteiger partial charge is 0.129 e. The molecule has 2 aromatic heterocycles. The molecule has 0 radical (unpaired) electrons. The third-order valence-corrected chi connectivity index (χ3v) is 3.92. The van der Waals surface area contributed by atoms with Gasteiger partial charge < -0.3 is 14.6 Å². The van der Waals surface area contributed by atoms with E-state index in [2.05, 4.69) is 30.0 Å². The predicted octanol–water partition coefficient (Wildman–Crippen LogP) is 1.81. The molecule has 1 saturated carbocycles. The van der Waals surface area contributed by atoms with Crippen molar-refractivity contribution < 1.29 is 4.74 Å². The van der Waals surface area contributed by atoms with Gasteiger partial charge in [0.25, 0.3) is 0 Å². The second-order valence-electron chi connectivity index (χ2n) is 5.39. The van der Waals surface area contributed by atoms with E-state index >= 15 is 0 Å². The third kappa shape index (κ3) is 3.55. The first kappa shape index (κ1) is 13.9. The van der Waals surface area contributed by atoms with Crippen LogP contribution in [-0.4, -0.2) is 37.9 Å². The van der Waals surface area contributed by atoms with Gasteiger partial charge in [0.2, 0.25) is 0 Å². The van der Waals surface area contributed by atoms with E-state index in [-0.39, 0.29) is 0 Å². The zero-order chi connectivity index (χ0) is 14.5. The zero-order valence-electron chi connectivity index (χ0n) is 12.1. The molecule has 0 atom stereocenters. The first-order valence-electron chi connectivity index (χ1n) is 7.25. The van der Waals surface area contributed by atoms with Crippen molar-refractivity contribution in [1.82, 2.24) is 24.7 Å². The van der Waals surface area contributed by atoms with E-state index in [4.69, 9.17) is 4.74 Å². The summed E-state index contributed by atoms with van der Waals surface area (Å²) in [6, 6.07) is 2.94. The molecule has 2 aromatic rings. The van der Waals surface area contributed by atoms with Crippen LogP contribution in [0.5, 0.6) is 0 Å². The average molecular weight is 288 g/mol. The third-order valence-electron chi connectivity index (χ3n) is 3.92. The summed E-state index contributed by atoms with van der Waals surface area (Å²) in [6.45, 7) is 0.511. The average Bonchev–Trinajstić information content (AvgIpc) is 3.03. The minimum absolute atomic E-state index is 0.461. The Labute approximate surface area is 123 Å². The molecule has 7 nitrogen and oxygen atoms in total. The monoisotopic (exact) mass is 288 g/mol. The topological polar surface area (TPSA) is 77.8 Å². The SMILES string of the molecule is COCc1cc(NC2CCC(n3cnnc3)CC2)ncn1. The Hall–Kier alpha value is -2.02. The predicted molar refractivity (Wildman–Crippen MR) is 77.7 cm³/mol. The number of nitrogens with zero attached hydrogens (tertiary/aromatic N) is 5. The number of aromatic nitrogens is 5. The maximum Gasteiger partial charge on any atom is 0.129 e. The van der Waals surface area contributed by atoms with E-state index in [0.29, 0.717) is 18.7 Å². The zero-order valence-corrected chi connectivity index (χ0v) is 12.1. The maximum atomic E-state index is 5.10. The highest BCUT2D eigenvalue weighted by atomic mass is 16.5. The minimum Gasteiger partial charge on any atom is -0.378 e. The minimum atomic E-state index is 0.461. The molecule has 112 valence electrons. The molecule has 0 aliphatic heterocycles. The van der Waals surface area contributed by atoms with E-state index in [1.54, 1.807) is 26.1 Å².